The lowest BCUT2D eigenvalue weighted by Gasteiger charge is -2.15. The van der Waals surface area contributed by atoms with Crippen LogP contribution in [0.2, 0.25) is 0 Å². The number of aromatic nitrogens is 1. The number of nitrogens with one attached hydrogen (secondary N) is 1. The zero-order valence-electron chi connectivity index (χ0n) is 13.7. The van der Waals surface area contributed by atoms with Crippen LogP contribution in [-0.4, -0.2) is 23.3 Å². The Labute approximate surface area is 140 Å². The van der Waals surface area contributed by atoms with E-state index in [2.05, 4.69) is 10.3 Å². The molecule has 1 aromatic carbocycles. The van der Waals surface area contributed by atoms with Gasteiger partial charge in [-0.2, -0.15) is 0 Å². The number of nitrogens with two attached hydrogens (primary N) is 1. The standard InChI is InChI=1S/C18H20FN3O2/c1-11-3-8-16(12(2)22-11)18(24)21-10-14(17(20)23)9-13-4-6-15(19)7-5-13/h3-8,14H,9-10H2,1-2H3,(H2,20,23)(H,21,24)/t14-/m1/s1. The quantitative estimate of drug-likeness (QED) is 0.849. The molecule has 0 spiro atoms. The van der Waals surface area contributed by atoms with Gasteiger partial charge in [0.05, 0.1) is 17.2 Å². The second-order valence-corrected chi connectivity index (χ2v) is 5.73. The van der Waals surface area contributed by atoms with Crippen molar-refractivity contribution in [1.82, 2.24) is 10.3 Å². The van der Waals surface area contributed by atoms with E-state index < -0.39 is 11.8 Å². The highest BCUT2D eigenvalue weighted by Crippen LogP contribution is 2.11. The predicted octanol–water partition coefficient (Wildman–Crippen LogP) is 1.91. The summed E-state index contributed by atoms with van der Waals surface area (Å²) in [6.07, 6.45) is 0.334. The van der Waals surface area contributed by atoms with Crippen LogP contribution in [0.1, 0.15) is 27.3 Å². The number of carbonyl (C=O) groups is 2. The van der Waals surface area contributed by atoms with E-state index in [4.69, 9.17) is 5.73 Å². The maximum atomic E-state index is 12.9. The first-order chi connectivity index (χ1) is 11.4. The number of rotatable bonds is 6. The minimum atomic E-state index is -0.571. The fourth-order valence-corrected chi connectivity index (χ4v) is 2.42. The normalized spacial score (nSPS) is 11.8. The Bertz CT molecular complexity index is 744. The van der Waals surface area contributed by atoms with Crippen molar-refractivity contribution in [3.05, 3.63) is 64.7 Å². The number of hydrogen-bond donors (Lipinski definition) is 2. The van der Waals surface area contributed by atoms with Gasteiger partial charge < -0.3 is 11.1 Å². The number of pyridine rings is 1. The van der Waals surface area contributed by atoms with Crippen LogP contribution >= 0.6 is 0 Å². The maximum Gasteiger partial charge on any atom is 0.253 e. The summed E-state index contributed by atoms with van der Waals surface area (Å²) in [4.78, 5) is 28.1. The van der Waals surface area contributed by atoms with Gasteiger partial charge in [-0.15, -0.1) is 0 Å². The van der Waals surface area contributed by atoms with Crippen molar-refractivity contribution in [2.24, 2.45) is 11.7 Å². The molecule has 24 heavy (non-hydrogen) atoms. The van der Waals surface area contributed by atoms with E-state index in [1.54, 1.807) is 31.2 Å². The van der Waals surface area contributed by atoms with Crippen molar-refractivity contribution in [2.75, 3.05) is 6.54 Å². The minimum absolute atomic E-state index is 0.110. The van der Waals surface area contributed by atoms with Gasteiger partial charge in [-0.05, 0) is 50.1 Å². The molecule has 0 aliphatic carbocycles. The number of benzene rings is 1. The number of nitrogens with zero attached hydrogens (tertiary/aromatic N) is 1. The predicted molar refractivity (Wildman–Crippen MR) is 88.8 cm³/mol. The van der Waals surface area contributed by atoms with Crippen LogP contribution in [0.5, 0.6) is 0 Å². The number of carbonyl (C=O) groups excluding carboxylic acids is 2. The highest BCUT2D eigenvalue weighted by molar-refractivity contribution is 5.95. The molecule has 0 fully saturated rings. The first kappa shape index (κ1) is 17.6. The van der Waals surface area contributed by atoms with Crippen LogP contribution in [0.3, 0.4) is 0 Å². The number of primary amides is 1. The molecule has 0 radical (unpaired) electrons. The van der Waals surface area contributed by atoms with Gasteiger partial charge in [0.2, 0.25) is 5.91 Å². The summed E-state index contributed by atoms with van der Waals surface area (Å²) in [7, 11) is 0. The fraction of sp³-hybridized carbons (Fsp3) is 0.278. The second kappa shape index (κ2) is 7.68. The molecule has 0 unspecified atom stereocenters. The van der Waals surface area contributed by atoms with Crippen LogP contribution in [0.15, 0.2) is 36.4 Å². The third-order valence-electron chi connectivity index (χ3n) is 3.78. The Hall–Kier alpha value is -2.76. The molecule has 3 N–H and O–H groups in total. The smallest absolute Gasteiger partial charge is 0.253 e. The van der Waals surface area contributed by atoms with Gasteiger partial charge >= 0.3 is 0 Å². The Kier molecular flexibility index (Phi) is 5.63. The topological polar surface area (TPSA) is 85.1 Å². The first-order valence-electron chi connectivity index (χ1n) is 7.63. The van der Waals surface area contributed by atoms with Crippen molar-refractivity contribution in [3.8, 4) is 0 Å². The maximum absolute atomic E-state index is 12.9. The number of hydrogen-bond acceptors (Lipinski definition) is 3. The van der Waals surface area contributed by atoms with Crippen LogP contribution in [0, 0.1) is 25.6 Å². The molecule has 5 nitrogen and oxygen atoms in total. The Balaban J connectivity index is 2.01. The van der Waals surface area contributed by atoms with Gasteiger partial charge in [-0.1, -0.05) is 12.1 Å². The molecule has 0 aliphatic heterocycles. The summed E-state index contributed by atoms with van der Waals surface area (Å²) < 4.78 is 12.9. The summed E-state index contributed by atoms with van der Waals surface area (Å²) in [5.41, 5.74) is 8.11. The van der Waals surface area contributed by atoms with Gasteiger partial charge in [0.1, 0.15) is 5.82 Å². The lowest BCUT2D eigenvalue weighted by atomic mass is 9.98. The Morgan fingerprint density at radius 2 is 1.83 bits per heavy atom. The summed E-state index contributed by atoms with van der Waals surface area (Å²) in [6.45, 7) is 3.71. The molecule has 1 heterocycles. The molecule has 2 rings (SSSR count). The van der Waals surface area contributed by atoms with E-state index in [1.165, 1.54) is 12.1 Å². The van der Waals surface area contributed by atoms with Gasteiger partial charge in [-0.25, -0.2) is 4.39 Å². The summed E-state index contributed by atoms with van der Waals surface area (Å²) in [5, 5.41) is 2.72. The van der Waals surface area contributed by atoms with Gasteiger partial charge in [0.15, 0.2) is 0 Å². The highest BCUT2D eigenvalue weighted by Gasteiger charge is 2.18. The lowest BCUT2D eigenvalue weighted by molar-refractivity contribution is -0.121. The van der Waals surface area contributed by atoms with E-state index in [0.29, 0.717) is 17.7 Å². The van der Waals surface area contributed by atoms with E-state index in [0.717, 1.165) is 11.3 Å². The SMILES string of the molecule is Cc1ccc(C(=O)NC[C@@H](Cc2ccc(F)cc2)C(N)=O)c(C)n1. The third-order valence-corrected chi connectivity index (χ3v) is 3.78. The molecule has 0 saturated carbocycles. The molecule has 6 heteroatoms. The summed E-state index contributed by atoms with van der Waals surface area (Å²) >= 11 is 0. The Morgan fingerprint density at radius 1 is 1.17 bits per heavy atom. The van der Waals surface area contributed by atoms with E-state index in [9.17, 15) is 14.0 Å². The van der Waals surface area contributed by atoms with Gasteiger partial charge in [0.25, 0.3) is 5.91 Å². The van der Waals surface area contributed by atoms with Crippen molar-refractivity contribution >= 4 is 11.8 Å². The molecule has 2 amide bonds. The molecular formula is C18H20FN3O2. The molecule has 0 bridgehead atoms. The highest BCUT2D eigenvalue weighted by atomic mass is 19.1. The molecule has 0 saturated heterocycles. The Morgan fingerprint density at radius 3 is 2.42 bits per heavy atom. The lowest BCUT2D eigenvalue weighted by Crippen LogP contribution is -2.37. The van der Waals surface area contributed by atoms with E-state index in [1.807, 2.05) is 6.92 Å². The monoisotopic (exact) mass is 329 g/mol. The average molecular weight is 329 g/mol. The van der Waals surface area contributed by atoms with Crippen molar-refractivity contribution < 1.29 is 14.0 Å². The van der Waals surface area contributed by atoms with Crippen molar-refractivity contribution in [2.45, 2.75) is 20.3 Å². The molecule has 0 aliphatic rings. The van der Waals surface area contributed by atoms with Crippen molar-refractivity contribution in [3.63, 3.8) is 0 Å². The van der Waals surface area contributed by atoms with E-state index in [-0.39, 0.29) is 18.3 Å². The molecule has 1 aromatic heterocycles. The van der Waals surface area contributed by atoms with Gasteiger partial charge in [0, 0.05) is 12.2 Å². The number of amides is 2. The van der Waals surface area contributed by atoms with Crippen LogP contribution in [0.4, 0.5) is 4.39 Å². The van der Waals surface area contributed by atoms with Crippen LogP contribution in [-0.2, 0) is 11.2 Å². The van der Waals surface area contributed by atoms with Gasteiger partial charge in [-0.3, -0.25) is 14.6 Å². The summed E-state index contributed by atoms with van der Waals surface area (Å²) in [6, 6.07) is 9.31. The third kappa shape index (κ3) is 4.62. The first-order valence-corrected chi connectivity index (χ1v) is 7.63. The van der Waals surface area contributed by atoms with Crippen LogP contribution < -0.4 is 11.1 Å². The molecule has 126 valence electrons. The molecule has 1 atom stereocenters. The largest absolute Gasteiger partial charge is 0.369 e. The van der Waals surface area contributed by atoms with E-state index >= 15 is 0 Å². The van der Waals surface area contributed by atoms with Crippen molar-refractivity contribution in [1.29, 1.82) is 0 Å². The fourth-order valence-electron chi connectivity index (χ4n) is 2.42. The number of aryl methyl sites for hydroxylation is 2. The average Bonchev–Trinajstić information content (AvgIpc) is 2.52. The van der Waals surface area contributed by atoms with Crippen LogP contribution in [0.25, 0.3) is 0 Å². The zero-order valence-corrected chi connectivity index (χ0v) is 13.7. The minimum Gasteiger partial charge on any atom is -0.369 e. The molecular weight excluding hydrogens is 309 g/mol. The number of halogens is 1. The summed E-state index contributed by atoms with van der Waals surface area (Å²) in [5.74, 6) is -1.73. The zero-order chi connectivity index (χ0) is 17.7. The second-order valence-electron chi connectivity index (χ2n) is 5.73. The molecule has 2 aromatic rings.